The van der Waals surface area contributed by atoms with Crippen LogP contribution in [-0.2, 0) is 16.1 Å². The van der Waals surface area contributed by atoms with Gasteiger partial charge in [0.15, 0.2) is 6.54 Å². The zero-order chi connectivity index (χ0) is 9.84. The number of nitrogens with one attached hydrogen (secondary N) is 1. The summed E-state index contributed by atoms with van der Waals surface area (Å²) >= 11 is 1.29. The van der Waals surface area contributed by atoms with Crippen LogP contribution in [0.5, 0.6) is 0 Å². The number of hydrogen-bond donors (Lipinski definition) is 2. The Kier molecular flexibility index (Phi) is 2.97. The molecule has 0 aliphatic rings. The fourth-order valence-electron chi connectivity index (χ4n) is 0.826. The van der Waals surface area contributed by atoms with Crippen molar-refractivity contribution in [2.24, 2.45) is 0 Å². The topological polar surface area (TPSA) is 70.3 Å². The molecule has 6 heteroatoms. The van der Waals surface area contributed by atoms with Crippen LogP contribution in [0.15, 0.2) is 11.6 Å². The van der Waals surface area contributed by atoms with Gasteiger partial charge in [0.25, 0.3) is 0 Å². The molecule has 2 N–H and O–H groups in total. The van der Waals surface area contributed by atoms with Crippen LogP contribution in [0.4, 0.5) is 5.13 Å². The number of carboxylic acids is 1. The molecular weight excluding hydrogens is 192 g/mol. The van der Waals surface area contributed by atoms with E-state index in [9.17, 15) is 9.59 Å². The molecule has 0 fully saturated rings. The second-order valence-corrected chi connectivity index (χ2v) is 3.31. The number of carboxylic acid groups (broad SMARTS) is 1. The van der Waals surface area contributed by atoms with Crippen molar-refractivity contribution in [3.05, 3.63) is 11.6 Å². The third kappa shape index (κ3) is 2.83. The Bertz CT molecular complexity index is 304. The maximum absolute atomic E-state index is 10.7. The van der Waals surface area contributed by atoms with Crippen LogP contribution < -0.4 is 9.88 Å². The molecule has 1 rings (SSSR count). The molecule has 0 aliphatic carbocycles. The lowest BCUT2D eigenvalue weighted by Gasteiger charge is -1.94. The minimum absolute atomic E-state index is 0.140. The number of rotatable bonds is 3. The Hall–Kier alpha value is -1.43. The summed E-state index contributed by atoms with van der Waals surface area (Å²) in [4.78, 5) is 21.1. The van der Waals surface area contributed by atoms with E-state index in [2.05, 4.69) is 5.32 Å². The van der Waals surface area contributed by atoms with Gasteiger partial charge in [-0.25, -0.2) is 19.5 Å². The van der Waals surface area contributed by atoms with E-state index < -0.39 is 5.97 Å². The molecule has 70 valence electrons. The molecule has 1 heterocycles. The maximum Gasteiger partial charge on any atom is 0.346 e. The predicted octanol–water partition coefficient (Wildman–Crippen LogP) is 0.0786. The highest BCUT2D eigenvalue weighted by molar-refractivity contribution is 7.13. The molecule has 13 heavy (non-hydrogen) atoms. The summed E-state index contributed by atoms with van der Waals surface area (Å²) in [5.74, 6) is -1.14. The molecule has 0 atom stereocenters. The van der Waals surface area contributed by atoms with Crippen molar-refractivity contribution in [2.45, 2.75) is 13.5 Å². The fraction of sp³-hybridized carbons (Fsp3) is 0.286. The number of hydrogen-bond acceptors (Lipinski definition) is 3. The Labute approximate surface area is 78.6 Å². The van der Waals surface area contributed by atoms with Gasteiger partial charge in [-0.3, -0.25) is 0 Å². The minimum Gasteiger partial charge on any atom is -0.478 e. The van der Waals surface area contributed by atoms with Gasteiger partial charge in [-0.1, -0.05) is 11.3 Å². The van der Waals surface area contributed by atoms with Gasteiger partial charge in [0, 0.05) is 12.3 Å². The SMILES string of the molecule is CC(=O)Nc1scc[n+]1CC(=O)O. The number of thiazole rings is 1. The molecule has 1 amide bonds. The largest absolute Gasteiger partial charge is 0.478 e. The third-order valence-electron chi connectivity index (χ3n) is 1.27. The van der Waals surface area contributed by atoms with Crippen LogP contribution in [0.2, 0.25) is 0 Å². The van der Waals surface area contributed by atoms with Crippen molar-refractivity contribution in [1.82, 2.24) is 0 Å². The summed E-state index contributed by atoms with van der Waals surface area (Å²) in [6, 6.07) is 0. The number of aliphatic carboxylic acids is 1. The predicted molar refractivity (Wildman–Crippen MR) is 46.5 cm³/mol. The lowest BCUT2D eigenvalue weighted by atomic mass is 10.6. The first-order chi connectivity index (χ1) is 6.09. The van der Waals surface area contributed by atoms with Crippen molar-refractivity contribution in [3.8, 4) is 0 Å². The summed E-state index contributed by atoms with van der Waals surface area (Å²) in [5, 5.41) is 13.3. The van der Waals surface area contributed by atoms with Crippen molar-refractivity contribution in [1.29, 1.82) is 0 Å². The summed E-state index contributed by atoms with van der Waals surface area (Å²) in [7, 11) is 0. The summed E-state index contributed by atoms with van der Waals surface area (Å²) in [5.41, 5.74) is 0. The minimum atomic E-state index is -0.935. The fourth-order valence-corrected chi connectivity index (χ4v) is 1.63. The van der Waals surface area contributed by atoms with Gasteiger partial charge in [-0.2, -0.15) is 0 Å². The number of carbonyl (C=O) groups excluding carboxylic acids is 1. The Balaban J connectivity index is 2.76. The van der Waals surface area contributed by atoms with Gasteiger partial charge < -0.3 is 5.11 Å². The van der Waals surface area contributed by atoms with Crippen molar-refractivity contribution in [3.63, 3.8) is 0 Å². The number of carbonyl (C=O) groups is 2. The van der Waals surface area contributed by atoms with Gasteiger partial charge >= 0.3 is 17.0 Å². The third-order valence-corrected chi connectivity index (χ3v) is 2.09. The lowest BCUT2D eigenvalue weighted by Crippen LogP contribution is -2.38. The molecule has 0 radical (unpaired) electrons. The number of nitrogens with zero attached hydrogens (tertiary/aromatic N) is 1. The number of anilines is 1. The van der Waals surface area contributed by atoms with Crippen LogP contribution >= 0.6 is 11.3 Å². The molecule has 0 spiro atoms. The van der Waals surface area contributed by atoms with E-state index in [4.69, 9.17) is 5.11 Å². The molecule has 0 unspecified atom stereocenters. The van der Waals surface area contributed by atoms with E-state index in [-0.39, 0.29) is 12.5 Å². The van der Waals surface area contributed by atoms with E-state index >= 15 is 0 Å². The van der Waals surface area contributed by atoms with Crippen LogP contribution in [0.25, 0.3) is 0 Å². The number of amides is 1. The first kappa shape index (κ1) is 9.66. The second kappa shape index (κ2) is 3.99. The van der Waals surface area contributed by atoms with Crippen molar-refractivity contribution >= 4 is 28.3 Å². The van der Waals surface area contributed by atoms with E-state index in [1.165, 1.54) is 22.8 Å². The van der Waals surface area contributed by atoms with Crippen molar-refractivity contribution < 1.29 is 19.3 Å². The zero-order valence-electron chi connectivity index (χ0n) is 6.98. The first-order valence-corrected chi connectivity index (χ1v) is 4.44. The highest BCUT2D eigenvalue weighted by atomic mass is 32.1. The smallest absolute Gasteiger partial charge is 0.346 e. The maximum atomic E-state index is 10.7. The molecule has 5 nitrogen and oxygen atoms in total. The van der Waals surface area contributed by atoms with E-state index in [1.54, 1.807) is 11.6 Å². The van der Waals surface area contributed by atoms with Gasteiger partial charge in [-0.05, 0) is 0 Å². The highest BCUT2D eigenvalue weighted by Gasteiger charge is 2.14. The molecule has 1 aromatic rings. The molecule has 0 bridgehead atoms. The van der Waals surface area contributed by atoms with Crippen molar-refractivity contribution in [2.75, 3.05) is 5.32 Å². The molecular formula is C7H9N2O3S+. The van der Waals surface area contributed by atoms with E-state index in [0.29, 0.717) is 5.13 Å². The highest BCUT2D eigenvalue weighted by Crippen LogP contribution is 2.08. The molecule has 0 aromatic carbocycles. The van der Waals surface area contributed by atoms with Gasteiger partial charge in [0.05, 0.1) is 0 Å². The summed E-state index contributed by atoms with van der Waals surface area (Å²) in [6.07, 6.45) is 1.62. The zero-order valence-corrected chi connectivity index (χ0v) is 7.80. The Morgan fingerprint density at radius 1 is 1.69 bits per heavy atom. The van der Waals surface area contributed by atoms with Gasteiger partial charge in [0.2, 0.25) is 0 Å². The Morgan fingerprint density at radius 3 is 2.92 bits per heavy atom. The van der Waals surface area contributed by atoms with E-state index in [0.717, 1.165) is 0 Å². The van der Waals surface area contributed by atoms with Crippen LogP contribution in [0.1, 0.15) is 6.92 Å². The molecule has 0 saturated heterocycles. The number of aromatic nitrogens is 1. The van der Waals surface area contributed by atoms with E-state index in [1.807, 2.05) is 0 Å². The van der Waals surface area contributed by atoms with Gasteiger partial charge in [0.1, 0.15) is 6.20 Å². The summed E-state index contributed by atoms with van der Waals surface area (Å²) in [6.45, 7) is 1.24. The average molecular weight is 201 g/mol. The molecule has 1 aromatic heterocycles. The average Bonchev–Trinajstić information content (AvgIpc) is 2.34. The monoisotopic (exact) mass is 201 g/mol. The molecule has 0 saturated carbocycles. The first-order valence-electron chi connectivity index (χ1n) is 3.56. The van der Waals surface area contributed by atoms with Gasteiger partial charge in [-0.15, -0.1) is 0 Å². The van der Waals surface area contributed by atoms with Crippen LogP contribution in [0.3, 0.4) is 0 Å². The Morgan fingerprint density at radius 2 is 2.38 bits per heavy atom. The van der Waals surface area contributed by atoms with Crippen LogP contribution in [-0.4, -0.2) is 17.0 Å². The molecule has 0 aliphatic heterocycles. The quantitative estimate of drug-likeness (QED) is 0.680. The normalized spacial score (nSPS) is 9.62. The summed E-state index contributed by atoms with van der Waals surface area (Å²) < 4.78 is 1.47. The standard InChI is InChI=1S/C7H8N2O3S/c1-5(10)8-7-9(2-3-13-7)4-6(11)12/h2-3H,4H2,1H3,(H,11,12)/p+1. The second-order valence-electron chi connectivity index (χ2n) is 2.41. The lowest BCUT2D eigenvalue weighted by molar-refractivity contribution is -0.667. The van der Waals surface area contributed by atoms with Crippen LogP contribution in [0, 0.1) is 0 Å².